The Hall–Kier alpha value is -0.540. The van der Waals surface area contributed by atoms with Gasteiger partial charge in [-0.05, 0) is 34.5 Å². The number of halogens is 2. The first-order valence-electron chi connectivity index (χ1n) is 3.79. The zero-order valence-corrected chi connectivity index (χ0v) is 9.61. The van der Waals surface area contributed by atoms with Gasteiger partial charge in [0.05, 0.1) is 11.0 Å². The summed E-state index contributed by atoms with van der Waals surface area (Å²) in [6.07, 6.45) is 1.80. The van der Waals surface area contributed by atoms with Crippen LogP contribution < -0.4 is 5.32 Å². The molecule has 70 valence electrons. The average molecular weight is 262 g/mol. The van der Waals surface area contributed by atoms with Crippen LogP contribution in [0.5, 0.6) is 0 Å². The highest BCUT2D eigenvalue weighted by Gasteiger charge is 2.00. The first-order valence-corrected chi connectivity index (χ1v) is 4.96. The minimum atomic E-state index is 0.524. The van der Waals surface area contributed by atoms with Crippen LogP contribution in [0.1, 0.15) is 5.56 Å². The van der Waals surface area contributed by atoms with Crippen molar-refractivity contribution >= 4 is 33.3 Å². The molecule has 2 nitrogen and oxygen atoms in total. The molecule has 0 aliphatic rings. The van der Waals surface area contributed by atoms with Crippen molar-refractivity contribution in [3.8, 4) is 0 Å². The van der Waals surface area contributed by atoms with Crippen LogP contribution in [0.3, 0.4) is 0 Å². The average Bonchev–Trinajstić information content (AvgIpc) is 2.02. The molecule has 1 rings (SSSR count). The molecule has 0 saturated heterocycles. The van der Waals surface area contributed by atoms with Crippen molar-refractivity contribution < 1.29 is 0 Å². The Morgan fingerprint density at radius 1 is 1.77 bits per heavy atom. The SMILES string of the molecule is C=C(Cl)CNc1ncc(C)cc1Br. The highest BCUT2D eigenvalue weighted by atomic mass is 79.9. The van der Waals surface area contributed by atoms with Crippen LogP contribution in [0.4, 0.5) is 5.82 Å². The van der Waals surface area contributed by atoms with E-state index in [0.29, 0.717) is 11.6 Å². The third kappa shape index (κ3) is 3.36. The van der Waals surface area contributed by atoms with Crippen LogP contribution >= 0.6 is 27.5 Å². The zero-order chi connectivity index (χ0) is 9.84. The summed E-state index contributed by atoms with van der Waals surface area (Å²) in [5.41, 5.74) is 1.11. The molecule has 0 radical (unpaired) electrons. The Balaban J connectivity index is 2.72. The normalized spacial score (nSPS) is 9.77. The third-order valence-corrected chi connectivity index (χ3v) is 2.16. The van der Waals surface area contributed by atoms with Crippen molar-refractivity contribution in [2.24, 2.45) is 0 Å². The molecule has 4 heteroatoms. The molecule has 13 heavy (non-hydrogen) atoms. The quantitative estimate of drug-likeness (QED) is 0.903. The Bertz CT molecular complexity index is 325. The molecule has 0 saturated carbocycles. The number of anilines is 1. The second kappa shape index (κ2) is 4.63. The number of aryl methyl sites for hydroxylation is 1. The first kappa shape index (κ1) is 10.5. The topological polar surface area (TPSA) is 24.9 Å². The fourth-order valence-electron chi connectivity index (χ4n) is 0.843. The zero-order valence-electron chi connectivity index (χ0n) is 7.27. The van der Waals surface area contributed by atoms with Gasteiger partial charge in [0.25, 0.3) is 0 Å². The number of nitrogens with zero attached hydrogens (tertiary/aromatic N) is 1. The lowest BCUT2D eigenvalue weighted by Crippen LogP contribution is -2.03. The summed E-state index contributed by atoms with van der Waals surface area (Å²) in [6.45, 7) is 6.09. The Morgan fingerprint density at radius 3 is 3.00 bits per heavy atom. The molecule has 0 fully saturated rings. The third-order valence-electron chi connectivity index (χ3n) is 1.43. The molecule has 1 N–H and O–H groups in total. The van der Waals surface area contributed by atoms with Gasteiger partial charge >= 0.3 is 0 Å². The second-order valence-corrected chi connectivity index (χ2v) is 4.10. The van der Waals surface area contributed by atoms with Crippen molar-refractivity contribution in [3.63, 3.8) is 0 Å². The van der Waals surface area contributed by atoms with Crippen LogP contribution in [-0.2, 0) is 0 Å². The molecular formula is C9H10BrClN2. The van der Waals surface area contributed by atoms with E-state index in [0.717, 1.165) is 15.9 Å². The van der Waals surface area contributed by atoms with E-state index in [4.69, 9.17) is 11.6 Å². The Morgan fingerprint density at radius 2 is 2.46 bits per heavy atom. The van der Waals surface area contributed by atoms with Gasteiger partial charge in [0.2, 0.25) is 0 Å². The monoisotopic (exact) mass is 260 g/mol. The van der Waals surface area contributed by atoms with Crippen molar-refractivity contribution in [3.05, 3.63) is 33.9 Å². The van der Waals surface area contributed by atoms with Gasteiger partial charge in [-0.3, -0.25) is 0 Å². The molecule has 0 amide bonds. The molecule has 0 aliphatic heterocycles. The van der Waals surface area contributed by atoms with E-state index in [2.05, 4.69) is 32.8 Å². The standard InChI is InChI=1S/C9H10BrClN2/c1-6-3-8(10)9(12-4-6)13-5-7(2)11/h3-4H,2,5H2,1H3,(H,12,13). The number of rotatable bonds is 3. The highest BCUT2D eigenvalue weighted by Crippen LogP contribution is 2.20. The summed E-state index contributed by atoms with van der Waals surface area (Å²) >= 11 is 9.01. The van der Waals surface area contributed by atoms with Gasteiger partial charge in [-0.1, -0.05) is 18.2 Å². The van der Waals surface area contributed by atoms with Crippen LogP contribution in [0.15, 0.2) is 28.3 Å². The number of nitrogens with one attached hydrogen (secondary N) is 1. The molecule has 0 aliphatic carbocycles. The van der Waals surface area contributed by atoms with E-state index in [-0.39, 0.29) is 0 Å². The van der Waals surface area contributed by atoms with Gasteiger partial charge in [-0.25, -0.2) is 4.98 Å². The van der Waals surface area contributed by atoms with Crippen molar-refractivity contribution in [2.75, 3.05) is 11.9 Å². The lowest BCUT2D eigenvalue weighted by Gasteiger charge is -2.06. The van der Waals surface area contributed by atoms with Gasteiger partial charge in [0.15, 0.2) is 0 Å². The van der Waals surface area contributed by atoms with E-state index in [1.54, 1.807) is 6.20 Å². The van der Waals surface area contributed by atoms with Crippen molar-refractivity contribution in [1.29, 1.82) is 0 Å². The summed E-state index contributed by atoms with van der Waals surface area (Å²) in [4.78, 5) is 4.19. The van der Waals surface area contributed by atoms with Gasteiger partial charge in [-0.15, -0.1) is 0 Å². The molecule has 0 spiro atoms. The molecule has 0 atom stereocenters. The second-order valence-electron chi connectivity index (χ2n) is 2.71. The van der Waals surface area contributed by atoms with Crippen LogP contribution in [0.25, 0.3) is 0 Å². The summed E-state index contributed by atoms with van der Waals surface area (Å²) < 4.78 is 0.936. The highest BCUT2D eigenvalue weighted by molar-refractivity contribution is 9.10. The Labute approximate surface area is 91.1 Å². The van der Waals surface area contributed by atoms with Crippen LogP contribution in [-0.4, -0.2) is 11.5 Å². The fourth-order valence-corrected chi connectivity index (χ4v) is 1.51. The largest absolute Gasteiger partial charge is 0.364 e. The van der Waals surface area contributed by atoms with E-state index >= 15 is 0 Å². The van der Waals surface area contributed by atoms with Gasteiger partial charge in [-0.2, -0.15) is 0 Å². The number of pyridine rings is 1. The lowest BCUT2D eigenvalue weighted by molar-refractivity contribution is 1.18. The first-order chi connectivity index (χ1) is 6.09. The van der Waals surface area contributed by atoms with Gasteiger partial charge in [0, 0.05) is 11.2 Å². The van der Waals surface area contributed by atoms with E-state index in [1.807, 2.05) is 13.0 Å². The van der Waals surface area contributed by atoms with E-state index < -0.39 is 0 Å². The minimum absolute atomic E-state index is 0.524. The van der Waals surface area contributed by atoms with E-state index in [1.165, 1.54) is 0 Å². The summed E-state index contributed by atoms with van der Waals surface area (Å²) in [5.74, 6) is 0.785. The van der Waals surface area contributed by atoms with Gasteiger partial charge in [0.1, 0.15) is 5.82 Å². The molecular weight excluding hydrogens is 251 g/mol. The number of aromatic nitrogens is 1. The van der Waals surface area contributed by atoms with Crippen LogP contribution in [0.2, 0.25) is 0 Å². The van der Waals surface area contributed by atoms with Crippen molar-refractivity contribution in [2.45, 2.75) is 6.92 Å². The number of hydrogen-bond donors (Lipinski definition) is 1. The maximum absolute atomic E-state index is 5.61. The molecule has 0 unspecified atom stereocenters. The minimum Gasteiger partial charge on any atom is -0.364 e. The molecule has 1 aromatic heterocycles. The molecule has 0 aromatic carbocycles. The summed E-state index contributed by atoms with van der Waals surface area (Å²) in [5, 5.41) is 3.61. The molecule has 0 bridgehead atoms. The molecule has 1 aromatic rings. The van der Waals surface area contributed by atoms with Crippen molar-refractivity contribution in [1.82, 2.24) is 4.98 Å². The molecule has 1 heterocycles. The maximum Gasteiger partial charge on any atom is 0.140 e. The van der Waals surface area contributed by atoms with Crippen LogP contribution in [0, 0.1) is 6.92 Å². The van der Waals surface area contributed by atoms with E-state index in [9.17, 15) is 0 Å². The van der Waals surface area contributed by atoms with Gasteiger partial charge < -0.3 is 5.32 Å². The lowest BCUT2D eigenvalue weighted by atomic mass is 10.3. The smallest absolute Gasteiger partial charge is 0.140 e. The summed E-state index contributed by atoms with van der Waals surface area (Å²) in [7, 11) is 0. The predicted octanol–water partition coefficient (Wildman–Crippen LogP) is 3.32. The fraction of sp³-hybridized carbons (Fsp3) is 0.222. The Kier molecular flexibility index (Phi) is 3.75. The predicted molar refractivity (Wildman–Crippen MR) is 60.2 cm³/mol. The summed E-state index contributed by atoms with van der Waals surface area (Å²) in [6, 6.07) is 1.99. The maximum atomic E-state index is 5.61. The number of hydrogen-bond acceptors (Lipinski definition) is 2.